The number of carboxylic acid groups (broad SMARTS) is 2. The maximum atomic E-state index is 12.9. The number of hydrazone groups is 1. The van der Waals surface area contributed by atoms with Gasteiger partial charge in [0.05, 0.1) is 28.1 Å². The second kappa shape index (κ2) is 7.75. The van der Waals surface area contributed by atoms with Crippen molar-refractivity contribution in [2.45, 2.75) is 6.92 Å². The van der Waals surface area contributed by atoms with E-state index in [4.69, 9.17) is 9.52 Å². The van der Waals surface area contributed by atoms with Crippen LogP contribution in [-0.4, -0.2) is 33.8 Å². The quantitative estimate of drug-likeness (QED) is 0.603. The van der Waals surface area contributed by atoms with Crippen molar-refractivity contribution in [3.63, 3.8) is 0 Å². The SMILES string of the molecule is CC1=NN(c2cccc(C(=O)O)c2)C(=O)/C1=C\c1ccc(-c2ccccc2C(=O)O)o1. The maximum Gasteiger partial charge on any atom is 0.336 e. The van der Waals surface area contributed by atoms with E-state index in [1.807, 2.05) is 0 Å². The Labute approximate surface area is 176 Å². The number of hydrogen-bond donors (Lipinski definition) is 2. The van der Waals surface area contributed by atoms with E-state index in [2.05, 4.69) is 5.10 Å². The third kappa shape index (κ3) is 3.74. The predicted molar refractivity (Wildman–Crippen MR) is 113 cm³/mol. The van der Waals surface area contributed by atoms with Crippen molar-refractivity contribution in [1.29, 1.82) is 0 Å². The van der Waals surface area contributed by atoms with Crippen LogP contribution < -0.4 is 5.01 Å². The number of aromatic carboxylic acids is 2. The van der Waals surface area contributed by atoms with Gasteiger partial charge in [-0.3, -0.25) is 4.79 Å². The van der Waals surface area contributed by atoms with Gasteiger partial charge >= 0.3 is 11.9 Å². The Hall–Kier alpha value is -4.46. The summed E-state index contributed by atoms with van der Waals surface area (Å²) in [6.45, 7) is 1.66. The van der Waals surface area contributed by atoms with E-state index in [1.54, 1.807) is 43.3 Å². The fraction of sp³-hybridized carbons (Fsp3) is 0.0435. The van der Waals surface area contributed by atoms with Gasteiger partial charge in [0.15, 0.2) is 0 Å². The second-order valence-corrected chi connectivity index (χ2v) is 6.77. The molecule has 0 aliphatic carbocycles. The van der Waals surface area contributed by atoms with Gasteiger partial charge in [-0.2, -0.15) is 10.1 Å². The number of carbonyl (C=O) groups excluding carboxylic acids is 1. The van der Waals surface area contributed by atoms with Crippen LogP contribution in [0.15, 0.2) is 75.8 Å². The lowest BCUT2D eigenvalue weighted by molar-refractivity contribution is -0.114. The molecule has 1 aliphatic heterocycles. The molecule has 1 aromatic heterocycles. The first-order valence-corrected chi connectivity index (χ1v) is 9.23. The molecular weight excluding hydrogens is 400 g/mol. The lowest BCUT2D eigenvalue weighted by Crippen LogP contribution is -2.21. The van der Waals surface area contributed by atoms with Crippen LogP contribution in [0.4, 0.5) is 5.69 Å². The van der Waals surface area contributed by atoms with E-state index in [1.165, 1.54) is 30.3 Å². The molecule has 8 heteroatoms. The van der Waals surface area contributed by atoms with Gasteiger partial charge in [0.2, 0.25) is 0 Å². The molecule has 0 saturated carbocycles. The van der Waals surface area contributed by atoms with E-state index in [0.717, 1.165) is 5.01 Å². The van der Waals surface area contributed by atoms with Gasteiger partial charge in [-0.1, -0.05) is 24.3 Å². The summed E-state index contributed by atoms with van der Waals surface area (Å²) in [7, 11) is 0. The van der Waals surface area contributed by atoms with Gasteiger partial charge in [0.1, 0.15) is 11.5 Å². The lowest BCUT2D eigenvalue weighted by Gasteiger charge is -2.12. The van der Waals surface area contributed by atoms with Crippen molar-refractivity contribution in [3.05, 3.63) is 83.1 Å². The minimum Gasteiger partial charge on any atom is -0.478 e. The van der Waals surface area contributed by atoms with E-state index in [0.29, 0.717) is 28.5 Å². The Kier molecular flexibility index (Phi) is 4.96. The minimum atomic E-state index is -1.10. The molecule has 1 aliphatic rings. The molecule has 8 nitrogen and oxygen atoms in total. The largest absolute Gasteiger partial charge is 0.478 e. The molecule has 0 radical (unpaired) electrons. The molecule has 154 valence electrons. The number of benzene rings is 2. The van der Waals surface area contributed by atoms with Crippen molar-refractivity contribution in [2.75, 3.05) is 5.01 Å². The van der Waals surface area contributed by atoms with Crippen LogP contribution in [0.25, 0.3) is 17.4 Å². The topological polar surface area (TPSA) is 120 Å². The van der Waals surface area contributed by atoms with Gasteiger partial charge in [-0.05, 0) is 49.4 Å². The normalized spacial score (nSPS) is 14.7. The molecule has 2 heterocycles. The number of anilines is 1. The number of hydrogen-bond acceptors (Lipinski definition) is 5. The first kappa shape index (κ1) is 19.8. The molecule has 0 atom stereocenters. The summed E-state index contributed by atoms with van der Waals surface area (Å²) in [5.41, 5.74) is 1.64. The molecule has 0 fully saturated rings. The molecular formula is C23H16N2O6. The molecule has 0 saturated heterocycles. The summed E-state index contributed by atoms with van der Waals surface area (Å²) < 4.78 is 5.77. The number of carbonyl (C=O) groups is 3. The smallest absolute Gasteiger partial charge is 0.336 e. The van der Waals surface area contributed by atoms with Crippen LogP contribution in [0, 0.1) is 0 Å². The zero-order valence-electron chi connectivity index (χ0n) is 16.3. The Morgan fingerprint density at radius 1 is 1.00 bits per heavy atom. The summed E-state index contributed by atoms with van der Waals surface area (Å²) in [4.78, 5) is 35.6. The molecule has 2 aromatic carbocycles. The van der Waals surface area contributed by atoms with E-state index >= 15 is 0 Å². The first-order chi connectivity index (χ1) is 14.8. The van der Waals surface area contributed by atoms with Crippen molar-refractivity contribution in [1.82, 2.24) is 0 Å². The van der Waals surface area contributed by atoms with E-state index < -0.39 is 17.8 Å². The van der Waals surface area contributed by atoms with Crippen LogP contribution in [0.3, 0.4) is 0 Å². The highest BCUT2D eigenvalue weighted by molar-refractivity contribution is 6.32. The Bertz CT molecular complexity index is 1280. The number of amides is 1. The third-order valence-corrected chi connectivity index (χ3v) is 4.74. The maximum absolute atomic E-state index is 12.9. The van der Waals surface area contributed by atoms with Gasteiger partial charge in [0, 0.05) is 5.56 Å². The molecule has 1 amide bonds. The minimum absolute atomic E-state index is 0.0448. The fourth-order valence-electron chi connectivity index (χ4n) is 3.23. The van der Waals surface area contributed by atoms with Crippen LogP contribution in [-0.2, 0) is 4.79 Å². The van der Waals surface area contributed by atoms with Crippen LogP contribution in [0.1, 0.15) is 33.4 Å². The van der Waals surface area contributed by atoms with Gasteiger partial charge in [-0.25, -0.2) is 9.59 Å². The van der Waals surface area contributed by atoms with Crippen LogP contribution in [0.5, 0.6) is 0 Å². The van der Waals surface area contributed by atoms with E-state index in [-0.39, 0.29) is 16.7 Å². The highest BCUT2D eigenvalue weighted by Crippen LogP contribution is 2.29. The molecule has 2 N–H and O–H groups in total. The number of rotatable bonds is 5. The average molecular weight is 416 g/mol. The fourth-order valence-corrected chi connectivity index (χ4v) is 3.23. The Morgan fingerprint density at radius 3 is 2.52 bits per heavy atom. The average Bonchev–Trinajstić information content (AvgIpc) is 3.34. The van der Waals surface area contributed by atoms with Gasteiger partial charge in [0.25, 0.3) is 5.91 Å². The number of nitrogens with zero attached hydrogens (tertiary/aromatic N) is 2. The van der Waals surface area contributed by atoms with E-state index in [9.17, 15) is 19.5 Å². The lowest BCUT2D eigenvalue weighted by atomic mass is 10.1. The first-order valence-electron chi connectivity index (χ1n) is 9.23. The molecule has 0 unspecified atom stereocenters. The molecule has 3 aromatic rings. The Balaban J connectivity index is 1.65. The summed E-state index contributed by atoms with van der Waals surface area (Å²) in [5.74, 6) is -1.89. The summed E-state index contributed by atoms with van der Waals surface area (Å²) in [5, 5.41) is 23.9. The standard InChI is InChI=1S/C23H16N2O6/c1-13-19(21(26)25(24-13)15-6-4-5-14(11-15)22(27)28)12-16-9-10-20(31-16)17-7-2-3-8-18(17)23(29)30/h2-12H,1H3,(H,27,28)(H,29,30)/b19-12-. The predicted octanol–water partition coefficient (Wildman–Crippen LogP) is 4.15. The van der Waals surface area contributed by atoms with Crippen LogP contribution >= 0.6 is 0 Å². The van der Waals surface area contributed by atoms with Crippen molar-refractivity contribution in [2.24, 2.45) is 5.10 Å². The summed E-state index contributed by atoms with van der Waals surface area (Å²) in [6, 6.07) is 15.7. The monoisotopic (exact) mass is 416 g/mol. The highest BCUT2D eigenvalue weighted by atomic mass is 16.4. The number of furan rings is 1. The van der Waals surface area contributed by atoms with Gasteiger partial charge < -0.3 is 14.6 Å². The molecule has 0 bridgehead atoms. The van der Waals surface area contributed by atoms with Crippen molar-refractivity contribution in [3.8, 4) is 11.3 Å². The zero-order valence-corrected chi connectivity index (χ0v) is 16.3. The second-order valence-electron chi connectivity index (χ2n) is 6.77. The van der Waals surface area contributed by atoms with Crippen molar-refractivity contribution < 1.29 is 29.0 Å². The number of carboxylic acids is 2. The third-order valence-electron chi connectivity index (χ3n) is 4.74. The zero-order chi connectivity index (χ0) is 22.1. The molecule has 0 spiro atoms. The molecule has 4 rings (SSSR count). The Morgan fingerprint density at radius 2 is 1.77 bits per heavy atom. The van der Waals surface area contributed by atoms with Crippen molar-refractivity contribution >= 4 is 35.3 Å². The van der Waals surface area contributed by atoms with Crippen LogP contribution in [0.2, 0.25) is 0 Å². The molecule has 31 heavy (non-hydrogen) atoms. The summed E-state index contributed by atoms with van der Waals surface area (Å²) >= 11 is 0. The summed E-state index contributed by atoms with van der Waals surface area (Å²) in [6.07, 6.45) is 1.52. The highest BCUT2D eigenvalue weighted by Gasteiger charge is 2.29. The van der Waals surface area contributed by atoms with Gasteiger partial charge in [-0.15, -0.1) is 0 Å².